The van der Waals surface area contributed by atoms with Crippen molar-refractivity contribution in [2.75, 3.05) is 0 Å². The van der Waals surface area contributed by atoms with E-state index in [-0.39, 0.29) is 11.4 Å². The van der Waals surface area contributed by atoms with Crippen molar-refractivity contribution in [3.05, 3.63) is 23.3 Å². The summed E-state index contributed by atoms with van der Waals surface area (Å²) >= 11 is 0. The van der Waals surface area contributed by atoms with Gasteiger partial charge in [0.1, 0.15) is 5.60 Å². The molecule has 0 aromatic carbocycles. The topological polar surface area (TPSA) is 26.3 Å². The maximum atomic E-state index is 11.4. The van der Waals surface area contributed by atoms with Gasteiger partial charge in [-0.3, -0.25) is 0 Å². The van der Waals surface area contributed by atoms with Crippen LogP contribution in [0.15, 0.2) is 23.3 Å². The van der Waals surface area contributed by atoms with Crippen molar-refractivity contribution in [1.82, 2.24) is 0 Å². The molecule has 70 valence electrons. The number of carbonyl (C=O) groups excluding carboxylic acids is 1. The monoisotopic (exact) mass is 178 g/mol. The Morgan fingerprint density at radius 3 is 2.23 bits per heavy atom. The second kappa shape index (κ2) is 1.89. The lowest BCUT2D eigenvalue weighted by Gasteiger charge is -2.50. The zero-order chi connectivity index (χ0) is 10.0. The number of hydrogen-bond donors (Lipinski definition) is 0. The van der Waals surface area contributed by atoms with E-state index in [1.165, 1.54) is 11.1 Å². The number of rotatable bonds is 0. The Balaban J connectivity index is 2.63. The Morgan fingerprint density at radius 1 is 1.23 bits per heavy atom. The predicted molar refractivity (Wildman–Crippen MR) is 50.1 cm³/mol. The SMILES string of the molecule is C=C1C(=O)O[C@]2(C)C(C)=C(C)[C@@]12C. The van der Waals surface area contributed by atoms with Crippen LogP contribution in [0.3, 0.4) is 0 Å². The van der Waals surface area contributed by atoms with Gasteiger partial charge < -0.3 is 4.74 Å². The van der Waals surface area contributed by atoms with Gasteiger partial charge in [-0.25, -0.2) is 4.79 Å². The highest BCUT2D eigenvalue weighted by atomic mass is 16.6. The lowest BCUT2D eigenvalue weighted by Crippen LogP contribution is -2.52. The van der Waals surface area contributed by atoms with Crippen LogP contribution >= 0.6 is 0 Å². The number of hydrogen-bond acceptors (Lipinski definition) is 2. The van der Waals surface area contributed by atoms with E-state index in [4.69, 9.17) is 4.74 Å². The van der Waals surface area contributed by atoms with Crippen molar-refractivity contribution in [2.24, 2.45) is 5.41 Å². The van der Waals surface area contributed by atoms with Gasteiger partial charge in [-0.15, -0.1) is 0 Å². The summed E-state index contributed by atoms with van der Waals surface area (Å²) in [6, 6.07) is 0. The van der Waals surface area contributed by atoms with E-state index in [1.807, 2.05) is 27.7 Å². The number of esters is 1. The molecule has 0 radical (unpaired) electrons. The largest absolute Gasteiger partial charge is 0.450 e. The second-order valence-electron chi connectivity index (χ2n) is 4.28. The molecule has 0 spiro atoms. The highest BCUT2D eigenvalue weighted by Gasteiger charge is 2.66. The third kappa shape index (κ3) is 0.578. The fraction of sp³-hybridized carbons (Fsp3) is 0.545. The molecule has 1 saturated heterocycles. The Kier molecular flexibility index (Phi) is 1.24. The highest BCUT2D eigenvalue weighted by molar-refractivity contribution is 5.96. The summed E-state index contributed by atoms with van der Waals surface area (Å²) in [6.45, 7) is 11.9. The molecule has 0 saturated carbocycles. The highest BCUT2D eigenvalue weighted by Crippen LogP contribution is 2.63. The molecule has 0 amide bonds. The van der Waals surface area contributed by atoms with Crippen molar-refractivity contribution in [2.45, 2.75) is 33.3 Å². The van der Waals surface area contributed by atoms with Crippen LogP contribution in [-0.4, -0.2) is 11.6 Å². The van der Waals surface area contributed by atoms with Crippen LogP contribution in [0, 0.1) is 5.41 Å². The van der Waals surface area contributed by atoms with E-state index >= 15 is 0 Å². The minimum Gasteiger partial charge on any atom is -0.450 e. The fourth-order valence-corrected chi connectivity index (χ4v) is 2.55. The molecular formula is C11H14O2. The van der Waals surface area contributed by atoms with Gasteiger partial charge in [0.25, 0.3) is 0 Å². The molecule has 0 unspecified atom stereocenters. The van der Waals surface area contributed by atoms with Crippen molar-refractivity contribution in [1.29, 1.82) is 0 Å². The van der Waals surface area contributed by atoms with Crippen LogP contribution in [0.4, 0.5) is 0 Å². The first kappa shape index (κ1) is 8.54. The van der Waals surface area contributed by atoms with E-state index in [0.717, 1.165) is 0 Å². The number of ether oxygens (including phenoxy) is 1. The summed E-state index contributed by atoms with van der Waals surface area (Å²) in [4.78, 5) is 11.4. The van der Waals surface area contributed by atoms with E-state index in [1.54, 1.807) is 0 Å². The van der Waals surface area contributed by atoms with Crippen molar-refractivity contribution in [3.63, 3.8) is 0 Å². The second-order valence-corrected chi connectivity index (χ2v) is 4.28. The predicted octanol–water partition coefficient (Wildman–Crippen LogP) is 2.21. The molecule has 2 rings (SSSR count). The molecule has 2 heteroatoms. The normalized spacial score (nSPS) is 43.1. The average molecular weight is 178 g/mol. The van der Waals surface area contributed by atoms with Crippen LogP contribution in [0.2, 0.25) is 0 Å². The summed E-state index contributed by atoms with van der Waals surface area (Å²) in [5.74, 6) is -0.249. The van der Waals surface area contributed by atoms with Gasteiger partial charge >= 0.3 is 5.97 Å². The van der Waals surface area contributed by atoms with E-state index < -0.39 is 5.60 Å². The van der Waals surface area contributed by atoms with Crippen molar-refractivity contribution < 1.29 is 9.53 Å². The molecule has 1 aliphatic heterocycles. The maximum absolute atomic E-state index is 11.4. The molecule has 0 aromatic heterocycles. The smallest absolute Gasteiger partial charge is 0.335 e. The Hall–Kier alpha value is -1.05. The van der Waals surface area contributed by atoms with Crippen LogP contribution in [-0.2, 0) is 9.53 Å². The molecular weight excluding hydrogens is 164 g/mol. The van der Waals surface area contributed by atoms with E-state index in [9.17, 15) is 4.79 Å². The minimum absolute atomic E-state index is 0.249. The zero-order valence-corrected chi connectivity index (χ0v) is 8.52. The Labute approximate surface area is 78.3 Å². The maximum Gasteiger partial charge on any atom is 0.335 e. The van der Waals surface area contributed by atoms with E-state index in [2.05, 4.69) is 6.58 Å². The Morgan fingerprint density at radius 2 is 1.77 bits per heavy atom. The summed E-state index contributed by atoms with van der Waals surface area (Å²) in [5, 5.41) is 0. The minimum atomic E-state index is -0.425. The van der Waals surface area contributed by atoms with Gasteiger partial charge in [-0.2, -0.15) is 0 Å². The average Bonchev–Trinajstić information content (AvgIpc) is 2.26. The summed E-state index contributed by atoms with van der Waals surface area (Å²) in [7, 11) is 0. The molecule has 2 atom stereocenters. The molecule has 2 aliphatic rings. The number of carbonyl (C=O) groups is 1. The standard InChI is InChI=1S/C11H14O2/c1-6-7(2)11(5)10(6,4)8(3)9(12)13-11/h3H2,1-2,4-5H3/t10-,11+/m0/s1. The molecule has 2 nitrogen and oxygen atoms in total. The first-order valence-electron chi connectivity index (χ1n) is 4.47. The number of fused-ring (bicyclic) bond motifs is 1. The molecule has 0 bridgehead atoms. The van der Waals surface area contributed by atoms with Crippen molar-refractivity contribution >= 4 is 5.97 Å². The van der Waals surface area contributed by atoms with Gasteiger partial charge in [0.15, 0.2) is 0 Å². The van der Waals surface area contributed by atoms with Crippen LogP contribution < -0.4 is 0 Å². The molecule has 1 fully saturated rings. The van der Waals surface area contributed by atoms with Gasteiger partial charge in [0, 0.05) is 5.57 Å². The third-order valence-electron chi connectivity index (χ3n) is 4.13. The van der Waals surface area contributed by atoms with Gasteiger partial charge in [-0.05, 0) is 33.3 Å². The van der Waals surface area contributed by atoms with E-state index in [0.29, 0.717) is 5.57 Å². The van der Waals surface area contributed by atoms with Gasteiger partial charge in [0.05, 0.1) is 5.41 Å². The first-order valence-corrected chi connectivity index (χ1v) is 4.47. The third-order valence-corrected chi connectivity index (χ3v) is 4.13. The molecule has 1 aliphatic carbocycles. The zero-order valence-electron chi connectivity index (χ0n) is 8.52. The molecule has 1 heterocycles. The van der Waals surface area contributed by atoms with Gasteiger partial charge in [0.2, 0.25) is 0 Å². The van der Waals surface area contributed by atoms with Crippen molar-refractivity contribution in [3.8, 4) is 0 Å². The fourth-order valence-electron chi connectivity index (χ4n) is 2.55. The first-order chi connectivity index (χ1) is 5.85. The van der Waals surface area contributed by atoms with Crippen LogP contribution in [0.1, 0.15) is 27.7 Å². The summed E-state index contributed by atoms with van der Waals surface area (Å²) in [5.41, 5.74) is 2.31. The molecule has 13 heavy (non-hydrogen) atoms. The molecule has 0 aromatic rings. The summed E-state index contributed by atoms with van der Waals surface area (Å²) < 4.78 is 5.35. The van der Waals surface area contributed by atoms with Gasteiger partial charge in [-0.1, -0.05) is 12.2 Å². The van der Waals surface area contributed by atoms with Crippen LogP contribution in [0.5, 0.6) is 0 Å². The van der Waals surface area contributed by atoms with Crippen LogP contribution in [0.25, 0.3) is 0 Å². The lowest BCUT2D eigenvalue weighted by molar-refractivity contribution is -0.146. The summed E-state index contributed by atoms with van der Waals surface area (Å²) in [6.07, 6.45) is 0. The molecule has 0 N–H and O–H groups in total. The lowest BCUT2D eigenvalue weighted by atomic mass is 9.54. The Bertz CT molecular complexity index is 364. The quantitative estimate of drug-likeness (QED) is 0.323.